The fraction of sp³-hybridized carbons (Fsp3) is 0.667. The van der Waals surface area contributed by atoms with E-state index in [1.165, 1.54) is 4.57 Å². The van der Waals surface area contributed by atoms with Crippen molar-refractivity contribution in [1.82, 2.24) is 14.9 Å². The van der Waals surface area contributed by atoms with Gasteiger partial charge in [0.05, 0.1) is 13.2 Å². The van der Waals surface area contributed by atoms with Gasteiger partial charge in [0.15, 0.2) is 5.69 Å². The van der Waals surface area contributed by atoms with Crippen LogP contribution in [-0.2, 0) is 21.6 Å². The van der Waals surface area contributed by atoms with Crippen LogP contribution in [0.15, 0.2) is 4.79 Å². The Morgan fingerprint density at radius 2 is 2.15 bits per heavy atom. The molecule has 1 aliphatic heterocycles. The Kier molecular flexibility index (Phi) is 5.38. The molecule has 2 bridgehead atoms. The van der Waals surface area contributed by atoms with Gasteiger partial charge in [-0.05, 0) is 38.5 Å². The summed E-state index contributed by atoms with van der Waals surface area (Å²) in [6, 6.07) is 0. The van der Waals surface area contributed by atoms with Gasteiger partial charge in [-0.25, -0.2) is 14.6 Å². The second-order valence-electron chi connectivity index (χ2n) is 7.07. The van der Waals surface area contributed by atoms with Gasteiger partial charge in [0.1, 0.15) is 11.4 Å². The van der Waals surface area contributed by atoms with Gasteiger partial charge in [-0.1, -0.05) is 13.3 Å². The molecule has 3 rings (SSSR count). The lowest BCUT2D eigenvalue weighted by Crippen LogP contribution is -2.51. The van der Waals surface area contributed by atoms with E-state index in [0.717, 1.165) is 19.3 Å². The second kappa shape index (κ2) is 7.58. The first kappa shape index (κ1) is 19.2. The first-order valence-corrected chi connectivity index (χ1v) is 9.38. The van der Waals surface area contributed by atoms with Gasteiger partial charge in [0.25, 0.3) is 5.56 Å². The number of ether oxygens (including phenoxy) is 2. The first-order valence-electron chi connectivity index (χ1n) is 9.38. The van der Waals surface area contributed by atoms with Crippen LogP contribution in [0.1, 0.15) is 62.3 Å². The Labute approximate surface area is 156 Å². The standard InChI is InChI=1S/C18H25N3O6/c1-3-5-8-27-17(25)20-18-7-6-11(9-18)10-21-14(23)13(22)12(19-16(18)21)15(24)26-4-2/h11,22H,3-10H2,1-2H3,(H,20,25). The molecule has 2 aliphatic rings. The Morgan fingerprint density at radius 1 is 1.37 bits per heavy atom. The molecule has 1 fully saturated rings. The van der Waals surface area contributed by atoms with Crippen LogP contribution >= 0.6 is 0 Å². The molecule has 1 saturated carbocycles. The number of unbranched alkanes of at least 4 members (excludes halogenated alkanes) is 1. The van der Waals surface area contributed by atoms with E-state index in [1.54, 1.807) is 6.92 Å². The highest BCUT2D eigenvalue weighted by Crippen LogP contribution is 2.45. The number of carbonyl (C=O) groups is 2. The minimum absolute atomic E-state index is 0.0909. The smallest absolute Gasteiger partial charge is 0.407 e. The number of aromatic nitrogens is 2. The number of esters is 1. The van der Waals surface area contributed by atoms with Crippen LogP contribution in [-0.4, -0.2) is 39.9 Å². The molecule has 1 aromatic heterocycles. The highest BCUT2D eigenvalue weighted by Gasteiger charge is 2.50. The molecule has 1 aliphatic carbocycles. The Hall–Kier alpha value is -2.58. The fourth-order valence-corrected chi connectivity index (χ4v) is 3.90. The van der Waals surface area contributed by atoms with Crippen LogP contribution in [0, 0.1) is 5.92 Å². The van der Waals surface area contributed by atoms with Gasteiger partial charge in [-0.2, -0.15) is 0 Å². The number of alkyl carbamates (subject to hydrolysis) is 1. The van der Waals surface area contributed by atoms with Gasteiger partial charge in [0, 0.05) is 6.54 Å². The van der Waals surface area contributed by atoms with Crippen molar-refractivity contribution < 1.29 is 24.2 Å². The van der Waals surface area contributed by atoms with Crippen molar-refractivity contribution in [2.45, 2.75) is 58.0 Å². The summed E-state index contributed by atoms with van der Waals surface area (Å²) < 4.78 is 11.5. The van der Waals surface area contributed by atoms with Crippen molar-refractivity contribution in [2.24, 2.45) is 5.92 Å². The third kappa shape index (κ3) is 3.50. The summed E-state index contributed by atoms with van der Waals surface area (Å²) in [7, 11) is 0. The molecular weight excluding hydrogens is 354 g/mol. The van der Waals surface area contributed by atoms with E-state index >= 15 is 0 Å². The molecule has 1 amide bonds. The third-order valence-electron chi connectivity index (χ3n) is 5.17. The van der Waals surface area contributed by atoms with E-state index in [2.05, 4.69) is 10.3 Å². The van der Waals surface area contributed by atoms with E-state index in [0.29, 0.717) is 26.0 Å². The molecule has 9 heteroatoms. The maximum absolute atomic E-state index is 12.6. The quantitative estimate of drug-likeness (QED) is 0.570. The van der Waals surface area contributed by atoms with E-state index in [-0.39, 0.29) is 18.3 Å². The number of carbonyl (C=O) groups excluding carboxylic acids is 2. The van der Waals surface area contributed by atoms with Gasteiger partial charge < -0.3 is 19.9 Å². The number of nitrogens with one attached hydrogen (secondary N) is 1. The molecule has 27 heavy (non-hydrogen) atoms. The number of aromatic hydroxyl groups is 1. The molecule has 148 valence electrons. The zero-order chi connectivity index (χ0) is 19.6. The number of hydrogen-bond donors (Lipinski definition) is 2. The molecule has 2 N–H and O–H groups in total. The highest BCUT2D eigenvalue weighted by atomic mass is 16.5. The van der Waals surface area contributed by atoms with Crippen LogP contribution in [0.4, 0.5) is 4.79 Å². The number of fused-ring (bicyclic) bond motifs is 4. The van der Waals surface area contributed by atoms with Gasteiger partial charge >= 0.3 is 12.1 Å². The molecule has 0 aromatic carbocycles. The molecule has 9 nitrogen and oxygen atoms in total. The van der Waals surface area contributed by atoms with Gasteiger partial charge in [-0.15, -0.1) is 0 Å². The lowest BCUT2D eigenvalue weighted by atomic mass is 9.91. The van der Waals surface area contributed by atoms with Crippen molar-refractivity contribution in [3.05, 3.63) is 21.9 Å². The summed E-state index contributed by atoms with van der Waals surface area (Å²) >= 11 is 0. The zero-order valence-corrected chi connectivity index (χ0v) is 15.6. The molecule has 1 aromatic rings. The van der Waals surface area contributed by atoms with Crippen molar-refractivity contribution in [3.8, 4) is 5.75 Å². The Balaban J connectivity index is 1.98. The third-order valence-corrected chi connectivity index (χ3v) is 5.17. The van der Waals surface area contributed by atoms with E-state index < -0.39 is 34.6 Å². The summed E-state index contributed by atoms with van der Waals surface area (Å²) in [4.78, 5) is 41.3. The van der Waals surface area contributed by atoms with Crippen molar-refractivity contribution in [2.75, 3.05) is 13.2 Å². The predicted molar refractivity (Wildman–Crippen MR) is 94.5 cm³/mol. The van der Waals surface area contributed by atoms with Crippen LogP contribution in [0.3, 0.4) is 0 Å². The summed E-state index contributed by atoms with van der Waals surface area (Å²) in [5.74, 6) is -1.13. The van der Waals surface area contributed by atoms with Gasteiger partial charge in [0.2, 0.25) is 5.75 Å². The summed E-state index contributed by atoms with van der Waals surface area (Å²) in [5.41, 5.74) is -2.00. The first-order chi connectivity index (χ1) is 12.9. The second-order valence-corrected chi connectivity index (χ2v) is 7.07. The predicted octanol–water partition coefficient (Wildman–Crippen LogP) is 1.66. The number of nitrogens with zero attached hydrogens (tertiary/aromatic N) is 2. The van der Waals surface area contributed by atoms with Crippen LogP contribution in [0.5, 0.6) is 5.75 Å². The maximum Gasteiger partial charge on any atom is 0.407 e. The Morgan fingerprint density at radius 3 is 2.85 bits per heavy atom. The van der Waals surface area contributed by atoms with Crippen molar-refractivity contribution >= 4 is 12.1 Å². The fourth-order valence-electron chi connectivity index (χ4n) is 3.90. The molecule has 2 unspecified atom stereocenters. The molecule has 2 atom stereocenters. The summed E-state index contributed by atoms with van der Waals surface area (Å²) in [6.07, 6.45) is 3.08. The lowest BCUT2D eigenvalue weighted by Gasteiger charge is -2.35. The number of rotatable bonds is 6. The van der Waals surface area contributed by atoms with Crippen LogP contribution in [0.2, 0.25) is 0 Å². The minimum Gasteiger partial charge on any atom is -0.501 e. The lowest BCUT2D eigenvalue weighted by molar-refractivity contribution is 0.0513. The van der Waals surface area contributed by atoms with Crippen molar-refractivity contribution in [3.63, 3.8) is 0 Å². The van der Waals surface area contributed by atoms with Gasteiger partial charge in [-0.3, -0.25) is 9.36 Å². The van der Waals surface area contributed by atoms with Crippen LogP contribution in [0.25, 0.3) is 0 Å². The summed E-state index contributed by atoms with van der Waals surface area (Å²) in [5, 5.41) is 13.0. The molecule has 2 heterocycles. The normalized spacial score (nSPS) is 22.8. The maximum atomic E-state index is 12.6. The Bertz CT molecular complexity index is 805. The summed E-state index contributed by atoms with van der Waals surface area (Å²) in [6.45, 7) is 4.42. The minimum atomic E-state index is -0.889. The molecule has 0 radical (unpaired) electrons. The molecular formula is C18H25N3O6. The largest absolute Gasteiger partial charge is 0.501 e. The van der Waals surface area contributed by atoms with E-state index in [1.807, 2.05) is 6.92 Å². The average molecular weight is 379 g/mol. The average Bonchev–Trinajstić information content (AvgIpc) is 2.96. The monoisotopic (exact) mass is 379 g/mol. The number of amides is 1. The highest BCUT2D eigenvalue weighted by molar-refractivity contribution is 5.90. The van der Waals surface area contributed by atoms with E-state index in [9.17, 15) is 19.5 Å². The van der Waals surface area contributed by atoms with Crippen molar-refractivity contribution in [1.29, 1.82) is 0 Å². The van der Waals surface area contributed by atoms with E-state index in [4.69, 9.17) is 9.47 Å². The topological polar surface area (TPSA) is 120 Å². The zero-order valence-electron chi connectivity index (χ0n) is 15.6. The number of hydrogen-bond acceptors (Lipinski definition) is 7. The molecule has 0 spiro atoms. The SMILES string of the molecule is CCCCOC(=O)NC12CCC(Cn3c1nc(C(=O)OCC)c(O)c3=O)C2. The molecule has 0 saturated heterocycles. The van der Waals surface area contributed by atoms with Crippen LogP contribution < -0.4 is 10.9 Å².